The van der Waals surface area contributed by atoms with E-state index in [1.54, 1.807) is 6.07 Å². The van der Waals surface area contributed by atoms with E-state index in [0.717, 1.165) is 38.4 Å². The van der Waals surface area contributed by atoms with Crippen LogP contribution in [0.3, 0.4) is 0 Å². The zero-order valence-electron chi connectivity index (χ0n) is 11.3. The maximum absolute atomic E-state index is 12.0. The van der Waals surface area contributed by atoms with E-state index >= 15 is 0 Å². The van der Waals surface area contributed by atoms with E-state index in [0.29, 0.717) is 17.8 Å². The number of aryl methyl sites for hydroxylation is 1. The van der Waals surface area contributed by atoms with Gasteiger partial charge in [0.25, 0.3) is 5.91 Å². The second-order valence-electron chi connectivity index (χ2n) is 4.84. The van der Waals surface area contributed by atoms with Crippen LogP contribution in [-0.2, 0) is 4.74 Å². The number of nitrogens with one attached hydrogen (secondary N) is 1. The van der Waals surface area contributed by atoms with Crippen molar-refractivity contribution in [3.63, 3.8) is 0 Å². The van der Waals surface area contributed by atoms with Crippen molar-refractivity contribution in [2.75, 3.05) is 45.1 Å². The van der Waals surface area contributed by atoms with Gasteiger partial charge in [0, 0.05) is 37.4 Å². The number of carbonyl (C=O) groups is 1. The van der Waals surface area contributed by atoms with Gasteiger partial charge in [-0.3, -0.25) is 9.69 Å². The van der Waals surface area contributed by atoms with Crippen molar-refractivity contribution in [2.45, 2.75) is 6.92 Å². The Labute approximate surface area is 113 Å². The Morgan fingerprint density at radius 3 is 2.79 bits per heavy atom. The van der Waals surface area contributed by atoms with Crippen molar-refractivity contribution in [3.05, 3.63) is 29.3 Å². The highest BCUT2D eigenvalue weighted by Gasteiger charge is 2.11. The molecule has 1 aromatic rings. The van der Waals surface area contributed by atoms with Crippen LogP contribution < -0.4 is 11.1 Å². The molecule has 1 aromatic carbocycles. The first kappa shape index (κ1) is 13.8. The van der Waals surface area contributed by atoms with E-state index in [1.165, 1.54) is 0 Å². The fourth-order valence-corrected chi connectivity index (χ4v) is 2.20. The third-order valence-corrected chi connectivity index (χ3v) is 3.18. The highest BCUT2D eigenvalue weighted by Crippen LogP contribution is 2.10. The number of nitrogens with two attached hydrogens (primary N) is 1. The largest absolute Gasteiger partial charge is 0.399 e. The number of hydrogen-bond acceptors (Lipinski definition) is 4. The maximum Gasteiger partial charge on any atom is 0.251 e. The Morgan fingerprint density at radius 1 is 1.37 bits per heavy atom. The first-order chi connectivity index (χ1) is 9.15. The second-order valence-corrected chi connectivity index (χ2v) is 4.84. The molecule has 0 aliphatic carbocycles. The molecule has 2 rings (SSSR count). The molecule has 1 amide bonds. The van der Waals surface area contributed by atoms with Gasteiger partial charge in [0.05, 0.1) is 13.2 Å². The summed E-state index contributed by atoms with van der Waals surface area (Å²) in [4.78, 5) is 14.3. The Morgan fingerprint density at radius 2 is 2.11 bits per heavy atom. The lowest BCUT2D eigenvalue weighted by molar-refractivity contribution is 0.0383. The number of amides is 1. The summed E-state index contributed by atoms with van der Waals surface area (Å²) in [6, 6.07) is 5.40. The van der Waals surface area contributed by atoms with Crippen molar-refractivity contribution in [3.8, 4) is 0 Å². The van der Waals surface area contributed by atoms with Crippen molar-refractivity contribution in [1.29, 1.82) is 0 Å². The van der Waals surface area contributed by atoms with Gasteiger partial charge >= 0.3 is 0 Å². The van der Waals surface area contributed by atoms with E-state index in [2.05, 4.69) is 10.2 Å². The molecule has 104 valence electrons. The van der Waals surface area contributed by atoms with Gasteiger partial charge in [-0.2, -0.15) is 0 Å². The first-order valence-electron chi connectivity index (χ1n) is 6.60. The minimum atomic E-state index is -0.0661. The number of hydrogen-bond donors (Lipinski definition) is 2. The van der Waals surface area contributed by atoms with E-state index < -0.39 is 0 Å². The smallest absolute Gasteiger partial charge is 0.251 e. The molecule has 0 aromatic heterocycles. The predicted molar refractivity (Wildman–Crippen MR) is 75.2 cm³/mol. The molecular weight excluding hydrogens is 242 g/mol. The van der Waals surface area contributed by atoms with Gasteiger partial charge in [-0.1, -0.05) is 0 Å². The molecule has 0 spiro atoms. The number of carbonyl (C=O) groups excluding carboxylic acids is 1. The fourth-order valence-electron chi connectivity index (χ4n) is 2.20. The summed E-state index contributed by atoms with van der Waals surface area (Å²) < 4.78 is 5.28. The molecule has 1 aliphatic rings. The molecule has 5 heteroatoms. The molecule has 19 heavy (non-hydrogen) atoms. The van der Waals surface area contributed by atoms with E-state index in [1.807, 2.05) is 19.1 Å². The van der Waals surface area contributed by atoms with Crippen LogP contribution in [0.25, 0.3) is 0 Å². The molecule has 5 nitrogen and oxygen atoms in total. The SMILES string of the molecule is Cc1cc(N)cc(C(=O)NCCN2CCOCC2)c1. The summed E-state index contributed by atoms with van der Waals surface area (Å²) in [7, 11) is 0. The lowest BCUT2D eigenvalue weighted by Crippen LogP contribution is -2.41. The van der Waals surface area contributed by atoms with Gasteiger partial charge < -0.3 is 15.8 Å². The van der Waals surface area contributed by atoms with Crippen LogP contribution in [0.2, 0.25) is 0 Å². The lowest BCUT2D eigenvalue weighted by Gasteiger charge is -2.26. The number of morpholine rings is 1. The third-order valence-electron chi connectivity index (χ3n) is 3.18. The molecule has 0 atom stereocenters. The molecule has 1 fully saturated rings. The highest BCUT2D eigenvalue weighted by atomic mass is 16.5. The molecule has 3 N–H and O–H groups in total. The van der Waals surface area contributed by atoms with Crippen molar-refractivity contribution >= 4 is 11.6 Å². The summed E-state index contributed by atoms with van der Waals surface area (Å²) >= 11 is 0. The standard InChI is InChI=1S/C14H21N3O2/c1-11-8-12(10-13(15)9-11)14(18)16-2-3-17-4-6-19-7-5-17/h8-10H,2-7,15H2,1H3,(H,16,18). The van der Waals surface area contributed by atoms with Crippen molar-refractivity contribution in [2.24, 2.45) is 0 Å². The fraction of sp³-hybridized carbons (Fsp3) is 0.500. The summed E-state index contributed by atoms with van der Waals surface area (Å²) in [5, 5.41) is 2.92. The number of ether oxygens (including phenoxy) is 1. The minimum absolute atomic E-state index is 0.0661. The van der Waals surface area contributed by atoms with Gasteiger partial charge in [0.15, 0.2) is 0 Å². The summed E-state index contributed by atoms with van der Waals surface area (Å²) in [5.41, 5.74) is 7.99. The van der Waals surface area contributed by atoms with Crippen LogP contribution >= 0.6 is 0 Å². The van der Waals surface area contributed by atoms with Crippen LogP contribution in [0, 0.1) is 6.92 Å². The van der Waals surface area contributed by atoms with Crippen LogP contribution in [0.5, 0.6) is 0 Å². The molecule has 1 heterocycles. The predicted octanol–water partition coefficient (Wildman–Crippen LogP) is 0.639. The zero-order chi connectivity index (χ0) is 13.7. The van der Waals surface area contributed by atoms with Crippen molar-refractivity contribution < 1.29 is 9.53 Å². The van der Waals surface area contributed by atoms with E-state index in [4.69, 9.17) is 10.5 Å². The van der Waals surface area contributed by atoms with Gasteiger partial charge in [0.1, 0.15) is 0 Å². The molecule has 1 aliphatic heterocycles. The topological polar surface area (TPSA) is 67.6 Å². The van der Waals surface area contributed by atoms with Crippen LogP contribution in [-0.4, -0.2) is 50.2 Å². The summed E-state index contributed by atoms with van der Waals surface area (Å²) in [6.07, 6.45) is 0. The number of benzene rings is 1. The summed E-state index contributed by atoms with van der Waals surface area (Å²) in [5.74, 6) is -0.0661. The molecule has 0 saturated carbocycles. The molecule has 0 radical (unpaired) electrons. The Hall–Kier alpha value is -1.59. The molecule has 0 unspecified atom stereocenters. The average molecular weight is 263 g/mol. The van der Waals surface area contributed by atoms with Crippen molar-refractivity contribution in [1.82, 2.24) is 10.2 Å². The van der Waals surface area contributed by atoms with E-state index in [9.17, 15) is 4.79 Å². The molecule has 1 saturated heterocycles. The molecule has 0 bridgehead atoms. The Balaban J connectivity index is 1.80. The van der Waals surface area contributed by atoms with E-state index in [-0.39, 0.29) is 5.91 Å². The number of anilines is 1. The lowest BCUT2D eigenvalue weighted by atomic mass is 10.1. The Bertz CT molecular complexity index is 422. The van der Waals surface area contributed by atoms with Crippen LogP contribution in [0.4, 0.5) is 5.69 Å². The van der Waals surface area contributed by atoms with Gasteiger partial charge in [-0.05, 0) is 30.7 Å². The third kappa shape index (κ3) is 4.22. The number of nitrogen functional groups attached to an aromatic ring is 1. The summed E-state index contributed by atoms with van der Waals surface area (Å²) in [6.45, 7) is 6.87. The van der Waals surface area contributed by atoms with Gasteiger partial charge in [0.2, 0.25) is 0 Å². The van der Waals surface area contributed by atoms with Crippen LogP contribution in [0.15, 0.2) is 18.2 Å². The number of rotatable bonds is 4. The average Bonchev–Trinajstić information content (AvgIpc) is 2.38. The Kier molecular flexibility index (Phi) is 4.76. The number of nitrogens with zero attached hydrogens (tertiary/aromatic N) is 1. The minimum Gasteiger partial charge on any atom is -0.399 e. The van der Waals surface area contributed by atoms with Gasteiger partial charge in [-0.15, -0.1) is 0 Å². The molecular formula is C14H21N3O2. The second kappa shape index (κ2) is 6.54. The zero-order valence-corrected chi connectivity index (χ0v) is 11.3. The van der Waals surface area contributed by atoms with Crippen LogP contribution in [0.1, 0.15) is 15.9 Å². The quantitative estimate of drug-likeness (QED) is 0.782. The highest BCUT2D eigenvalue weighted by molar-refractivity contribution is 5.95. The van der Waals surface area contributed by atoms with Gasteiger partial charge in [-0.25, -0.2) is 0 Å². The monoisotopic (exact) mass is 263 g/mol. The normalized spacial score (nSPS) is 16.3. The first-order valence-corrected chi connectivity index (χ1v) is 6.60. The maximum atomic E-state index is 12.0.